The van der Waals surface area contributed by atoms with Gasteiger partial charge in [0.15, 0.2) is 0 Å². The van der Waals surface area contributed by atoms with Crippen molar-refractivity contribution in [3.05, 3.63) is 40.7 Å². The number of rotatable bonds is 5. The third-order valence-electron chi connectivity index (χ3n) is 7.43. The Kier molecular flexibility index (Phi) is 6.74. The molecule has 3 aliphatic rings. The minimum Gasteiger partial charge on any atom is -0.342 e. The van der Waals surface area contributed by atoms with Gasteiger partial charge in [0.05, 0.1) is 11.3 Å². The molecule has 2 amide bonds. The first kappa shape index (κ1) is 25.0. The summed E-state index contributed by atoms with van der Waals surface area (Å²) in [6.07, 6.45) is 4.40. The fraction of sp³-hybridized carbons (Fsp3) is 0.583. The van der Waals surface area contributed by atoms with E-state index in [-0.39, 0.29) is 22.6 Å². The van der Waals surface area contributed by atoms with Crippen molar-refractivity contribution in [2.45, 2.75) is 63.9 Å². The molecule has 1 aromatic rings. The van der Waals surface area contributed by atoms with Gasteiger partial charge in [0.25, 0.3) is 10.0 Å². The highest BCUT2D eigenvalue weighted by atomic mass is 35.5. The first-order valence-electron chi connectivity index (χ1n) is 11.7. The number of carbonyl (C=O) groups is 2. The molecule has 186 valence electrons. The maximum Gasteiger partial charge on any atom is 0.264 e. The van der Waals surface area contributed by atoms with Gasteiger partial charge in [-0.15, -0.1) is 0 Å². The van der Waals surface area contributed by atoms with Crippen LogP contribution in [0.15, 0.2) is 29.4 Å². The molecule has 2 fully saturated rings. The number of nitrogens with one attached hydrogen (secondary N) is 1. The van der Waals surface area contributed by atoms with Crippen LogP contribution in [0, 0.1) is 19.3 Å². The highest BCUT2D eigenvalue weighted by Gasteiger charge is 2.46. The topological polar surface area (TPSA) is 90.0 Å². The maximum absolute atomic E-state index is 13.6. The molecule has 2 atom stereocenters. The second-order valence-electron chi connectivity index (χ2n) is 10.1. The average Bonchev–Trinajstić information content (AvgIpc) is 3.39. The van der Waals surface area contributed by atoms with Crippen molar-refractivity contribution >= 4 is 33.4 Å². The van der Waals surface area contributed by atoms with Crippen LogP contribution in [-0.2, 0) is 19.6 Å². The number of likely N-dealkylation sites (tertiary alicyclic amines) is 2. The van der Waals surface area contributed by atoms with E-state index in [1.807, 2.05) is 0 Å². The van der Waals surface area contributed by atoms with E-state index in [4.69, 9.17) is 11.6 Å². The van der Waals surface area contributed by atoms with Gasteiger partial charge in [-0.25, -0.2) is 8.42 Å². The van der Waals surface area contributed by atoms with Crippen molar-refractivity contribution in [2.24, 2.45) is 5.41 Å². The van der Waals surface area contributed by atoms with Crippen LogP contribution in [0.3, 0.4) is 0 Å². The summed E-state index contributed by atoms with van der Waals surface area (Å²) in [7, 11) is -4.07. The van der Waals surface area contributed by atoms with E-state index in [9.17, 15) is 18.0 Å². The summed E-state index contributed by atoms with van der Waals surface area (Å²) < 4.78 is 28.1. The molecule has 3 heterocycles. The smallest absolute Gasteiger partial charge is 0.264 e. The molecule has 34 heavy (non-hydrogen) atoms. The Hall–Kier alpha value is -2.10. The third kappa shape index (κ3) is 4.57. The van der Waals surface area contributed by atoms with Crippen LogP contribution >= 0.6 is 11.6 Å². The van der Waals surface area contributed by atoms with E-state index in [1.165, 1.54) is 18.5 Å². The summed E-state index contributed by atoms with van der Waals surface area (Å²) in [5.74, 6) is -0.706. The van der Waals surface area contributed by atoms with Crippen molar-refractivity contribution in [3.8, 4) is 0 Å². The molecule has 1 N–H and O–H groups in total. The van der Waals surface area contributed by atoms with Gasteiger partial charge in [-0.1, -0.05) is 11.6 Å². The standard InChI is InChI=1S/C24H33ClN4O4S/c1-16(2)27-8-5-24(14-27)6-9-28(15-24)22(30)13-20-23(31)26-7-10-29(20)34(32,33)21-12-17(3)19(25)11-18(21)4/h7,10-12,16,20H,5-6,8-9,13-15H2,1-4H3,(H,26,31)/t20-,24?/m1/s1. The van der Waals surface area contributed by atoms with Gasteiger partial charge in [0, 0.05) is 48.5 Å². The van der Waals surface area contributed by atoms with E-state index < -0.39 is 22.0 Å². The predicted octanol–water partition coefficient (Wildman–Crippen LogP) is 2.64. The molecule has 1 aromatic carbocycles. The molecule has 0 bridgehead atoms. The van der Waals surface area contributed by atoms with Gasteiger partial charge in [0.2, 0.25) is 11.8 Å². The number of hydrogen-bond donors (Lipinski definition) is 1. The zero-order valence-corrected chi connectivity index (χ0v) is 21.7. The fourth-order valence-electron chi connectivity index (χ4n) is 5.27. The summed E-state index contributed by atoms with van der Waals surface area (Å²) in [5, 5.41) is 3.03. The lowest BCUT2D eigenvalue weighted by atomic mass is 9.86. The number of carbonyl (C=O) groups excluding carboxylic acids is 2. The molecular weight excluding hydrogens is 476 g/mol. The van der Waals surface area contributed by atoms with E-state index in [0.29, 0.717) is 35.3 Å². The Bertz CT molecular complexity index is 1140. The molecule has 2 saturated heterocycles. The SMILES string of the molecule is Cc1cc(S(=O)(=O)N2C=CNC(=O)[C@H]2CC(=O)N2CCC3(CCN(C(C)C)C3)C2)c(C)cc1Cl. The molecule has 0 radical (unpaired) electrons. The Morgan fingerprint density at radius 1 is 1.18 bits per heavy atom. The highest BCUT2D eigenvalue weighted by Crippen LogP contribution is 2.40. The summed E-state index contributed by atoms with van der Waals surface area (Å²) in [4.78, 5) is 30.3. The van der Waals surface area contributed by atoms with Crippen molar-refractivity contribution in [1.29, 1.82) is 0 Å². The monoisotopic (exact) mass is 508 g/mol. The number of sulfonamides is 1. The zero-order valence-electron chi connectivity index (χ0n) is 20.2. The van der Waals surface area contributed by atoms with Crippen LogP contribution in [0.2, 0.25) is 5.02 Å². The largest absolute Gasteiger partial charge is 0.342 e. The Balaban J connectivity index is 1.53. The molecule has 0 aromatic heterocycles. The van der Waals surface area contributed by atoms with Gasteiger partial charge < -0.3 is 15.1 Å². The molecule has 4 rings (SSSR count). The highest BCUT2D eigenvalue weighted by molar-refractivity contribution is 7.89. The number of hydrogen-bond acceptors (Lipinski definition) is 5. The Labute approximate surface area is 207 Å². The molecule has 1 unspecified atom stereocenters. The Morgan fingerprint density at radius 2 is 1.88 bits per heavy atom. The van der Waals surface area contributed by atoms with E-state index in [2.05, 4.69) is 24.1 Å². The van der Waals surface area contributed by atoms with Gasteiger partial charge >= 0.3 is 0 Å². The lowest BCUT2D eigenvalue weighted by Gasteiger charge is -2.33. The number of benzene rings is 1. The van der Waals surface area contributed by atoms with Crippen molar-refractivity contribution in [3.63, 3.8) is 0 Å². The zero-order chi connectivity index (χ0) is 24.8. The molecule has 0 saturated carbocycles. The van der Waals surface area contributed by atoms with Crippen LogP contribution < -0.4 is 5.32 Å². The summed E-state index contributed by atoms with van der Waals surface area (Å²) in [6.45, 7) is 11.1. The quantitative estimate of drug-likeness (QED) is 0.660. The summed E-state index contributed by atoms with van der Waals surface area (Å²) in [5.41, 5.74) is 1.20. The van der Waals surface area contributed by atoms with Crippen molar-refractivity contribution in [2.75, 3.05) is 26.2 Å². The number of amides is 2. The molecule has 1 spiro atoms. The van der Waals surface area contributed by atoms with E-state index in [1.54, 1.807) is 24.8 Å². The molecular formula is C24H33ClN4O4S. The third-order valence-corrected chi connectivity index (χ3v) is 9.76. The molecule has 8 nitrogen and oxygen atoms in total. The summed E-state index contributed by atoms with van der Waals surface area (Å²) in [6, 6.07) is 2.44. The van der Waals surface area contributed by atoms with Gasteiger partial charge in [0.1, 0.15) is 6.04 Å². The second kappa shape index (κ2) is 9.17. The van der Waals surface area contributed by atoms with Gasteiger partial charge in [-0.2, -0.15) is 0 Å². The average molecular weight is 509 g/mol. The maximum atomic E-state index is 13.6. The minimum absolute atomic E-state index is 0.0751. The van der Waals surface area contributed by atoms with E-state index >= 15 is 0 Å². The summed E-state index contributed by atoms with van der Waals surface area (Å²) >= 11 is 6.15. The molecule has 3 aliphatic heterocycles. The minimum atomic E-state index is -4.07. The van der Waals surface area contributed by atoms with Crippen LogP contribution in [0.25, 0.3) is 0 Å². The number of aryl methyl sites for hydroxylation is 2. The number of halogens is 1. The van der Waals surface area contributed by atoms with Crippen LogP contribution in [0.1, 0.15) is 44.2 Å². The van der Waals surface area contributed by atoms with Crippen molar-refractivity contribution in [1.82, 2.24) is 19.4 Å². The first-order chi connectivity index (χ1) is 15.9. The molecule has 10 heteroatoms. The normalized spacial score (nSPS) is 25.6. The molecule has 0 aliphatic carbocycles. The lowest BCUT2D eigenvalue weighted by Crippen LogP contribution is -2.51. The van der Waals surface area contributed by atoms with Gasteiger partial charge in [-0.05, 0) is 70.3 Å². The second-order valence-corrected chi connectivity index (χ2v) is 12.3. The van der Waals surface area contributed by atoms with Gasteiger partial charge in [-0.3, -0.25) is 13.9 Å². The Morgan fingerprint density at radius 3 is 2.56 bits per heavy atom. The van der Waals surface area contributed by atoms with Crippen LogP contribution in [0.4, 0.5) is 0 Å². The number of nitrogens with zero attached hydrogens (tertiary/aromatic N) is 3. The van der Waals surface area contributed by atoms with Crippen molar-refractivity contribution < 1.29 is 18.0 Å². The predicted molar refractivity (Wildman–Crippen MR) is 131 cm³/mol. The van der Waals surface area contributed by atoms with Crippen LogP contribution in [0.5, 0.6) is 0 Å². The van der Waals surface area contributed by atoms with E-state index in [0.717, 1.165) is 30.2 Å². The van der Waals surface area contributed by atoms with Crippen LogP contribution in [-0.4, -0.2) is 72.6 Å². The first-order valence-corrected chi connectivity index (χ1v) is 13.5. The fourth-order valence-corrected chi connectivity index (χ4v) is 7.23. The lowest BCUT2D eigenvalue weighted by molar-refractivity contribution is -0.135.